The first kappa shape index (κ1) is 14.1. The van der Waals surface area contributed by atoms with Crippen LogP contribution in [0.25, 0.3) is 0 Å². The van der Waals surface area contributed by atoms with E-state index in [0.717, 1.165) is 13.1 Å². The zero-order valence-corrected chi connectivity index (χ0v) is 11.3. The second-order valence-electron chi connectivity index (χ2n) is 6.05. The molecule has 1 heterocycles. The Morgan fingerprint density at radius 1 is 1.24 bits per heavy atom. The van der Waals surface area contributed by atoms with E-state index < -0.39 is 0 Å². The second kappa shape index (κ2) is 5.61. The molecule has 1 aromatic rings. The van der Waals surface area contributed by atoms with Crippen LogP contribution in [-0.4, -0.2) is 29.8 Å². The third-order valence-electron chi connectivity index (χ3n) is 3.04. The number of pyridine rings is 1. The number of nitrogens with zero attached hydrogens (tertiary/aromatic N) is 1. The first-order valence-electron chi connectivity index (χ1n) is 6.09. The predicted octanol–water partition coefficient (Wildman–Crippen LogP) is 1.97. The number of aromatic nitrogens is 1. The van der Waals surface area contributed by atoms with Crippen molar-refractivity contribution in [3.05, 3.63) is 30.1 Å². The van der Waals surface area contributed by atoms with Crippen molar-refractivity contribution in [2.75, 3.05) is 19.7 Å². The minimum Gasteiger partial charge on any atom is -0.396 e. The third-order valence-corrected chi connectivity index (χ3v) is 3.04. The van der Waals surface area contributed by atoms with Crippen LogP contribution in [0.3, 0.4) is 0 Å². The minimum atomic E-state index is -0.0645. The van der Waals surface area contributed by atoms with Crippen molar-refractivity contribution < 1.29 is 5.11 Å². The molecule has 0 amide bonds. The molecule has 1 rings (SSSR count). The van der Waals surface area contributed by atoms with E-state index in [4.69, 9.17) is 0 Å². The molecule has 17 heavy (non-hydrogen) atoms. The molecule has 3 heteroatoms. The lowest BCUT2D eigenvalue weighted by Gasteiger charge is -2.28. The molecule has 0 fully saturated rings. The Balaban J connectivity index is 2.51. The lowest BCUT2D eigenvalue weighted by atomic mass is 9.85. The smallest absolute Gasteiger partial charge is 0.0494 e. The number of hydrogen-bond donors (Lipinski definition) is 2. The standard InChI is InChI=1S/C14H24N2O/c1-13(2,11-17)9-16-10-14(3,4)12-6-5-7-15-8-12/h5-8,16-17H,9-11H2,1-4H3. The van der Waals surface area contributed by atoms with E-state index in [1.807, 2.05) is 12.3 Å². The zero-order chi connectivity index (χ0) is 12.9. The van der Waals surface area contributed by atoms with E-state index in [2.05, 4.69) is 44.1 Å². The van der Waals surface area contributed by atoms with E-state index in [0.29, 0.717) is 0 Å². The van der Waals surface area contributed by atoms with Crippen LogP contribution >= 0.6 is 0 Å². The van der Waals surface area contributed by atoms with Crippen molar-refractivity contribution >= 4 is 0 Å². The summed E-state index contributed by atoms with van der Waals surface area (Å²) in [4.78, 5) is 4.16. The molecule has 1 aromatic heterocycles. The molecule has 96 valence electrons. The van der Waals surface area contributed by atoms with Crippen molar-refractivity contribution in [2.45, 2.75) is 33.1 Å². The molecule has 3 nitrogen and oxygen atoms in total. The van der Waals surface area contributed by atoms with Crippen LogP contribution in [-0.2, 0) is 5.41 Å². The van der Waals surface area contributed by atoms with Gasteiger partial charge in [0.1, 0.15) is 0 Å². The van der Waals surface area contributed by atoms with Crippen molar-refractivity contribution in [3.8, 4) is 0 Å². The molecule has 0 saturated carbocycles. The quantitative estimate of drug-likeness (QED) is 0.793. The zero-order valence-electron chi connectivity index (χ0n) is 11.3. The van der Waals surface area contributed by atoms with Gasteiger partial charge in [-0.05, 0) is 11.6 Å². The monoisotopic (exact) mass is 236 g/mol. The number of aliphatic hydroxyl groups is 1. The van der Waals surface area contributed by atoms with Gasteiger partial charge in [-0.1, -0.05) is 33.8 Å². The van der Waals surface area contributed by atoms with Gasteiger partial charge < -0.3 is 10.4 Å². The van der Waals surface area contributed by atoms with Gasteiger partial charge in [-0.25, -0.2) is 0 Å². The van der Waals surface area contributed by atoms with Crippen molar-refractivity contribution in [1.82, 2.24) is 10.3 Å². The maximum absolute atomic E-state index is 9.19. The lowest BCUT2D eigenvalue weighted by Crippen LogP contribution is -2.39. The average molecular weight is 236 g/mol. The fourth-order valence-electron chi connectivity index (χ4n) is 1.63. The van der Waals surface area contributed by atoms with Gasteiger partial charge in [0, 0.05) is 42.9 Å². The number of hydrogen-bond acceptors (Lipinski definition) is 3. The van der Waals surface area contributed by atoms with Crippen molar-refractivity contribution in [2.24, 2.45) is 5.41 Å². The predicted molar refractivity (Wildman–Crippen MR) is 71.0 cm³/mol. The number of nitrogens with one attached hydrogen (secondary N) is 1. The Bertz CT molecular complexity index is 333. The van der Waals surface area contributed by atoms with Crippen molar-refractivity contribution in [3.63, 3.8) is 0 Å². The van der Waals surface area contributed by atoms with Crippen LogP contribution in [0.15, 0.2) is 24.5 Å². The maximum Gasteiger partial charge on any atom is 0.0494 e. The summed E-state index contributed by atoms with van der Waals surface area (Å²) in [6, 6.07) is 4.07. The summed E-state index contributed by atoms with van der Waals surface area (Å²) < 4.78 is 0. The topological polar surface area (TPSA) is 45.1 Å². The number of rotatable bonds is 6. The summed E-state index contributed by atoms with van der Waals surface area (Å²) in [5.41, 5.74) is 1.22. The number of aliphatic hydroxyl groups excluding tert-OH is 1. The molecule has 0 unspecified atom stereocenters. The summed E-state index contributed by atoms with van der Waals surface area (Å²) in [6.45, 7) is 10.4. The second-order valence-corrected chi connectivity index (χ2v) is 6.05. The minimum absolute atomic E-state index is 0.0554. The van der Waals surface area contributed by atoms with Crippen LogP contribution in [0.2, 0.25) is 0 Å². The molecular weight excluding hydrogens is 212 g/mol. The Hall–Kier alpha value is -0.930. The summed E-state index contributed by atoms with van der Waals surface area (Å²) in [5.74, 6) is 0. The van der Waals surface area contributed by atoms with Gasteiger partial charge in [-0.15, -0.1) is 0 Å². The van der Waals surface area contributed by atoms with Gasteiger partial charge in [0.05, 0.1) is 0 Å². The van der Waals surface area contributed by atoms with Gasteiger partial charge in [-0.2, -0.15) is 0 Å². The van der Waals surface area contributed by atoms with Crippen LogP contribution in [0.5, 0.6) is 0 Å². The van der Waals surface area contributed by atoms with Crippen LogP contribution in [0.1, 0.15) is 33.3 Å². The van der Waals surface area contributed by atoms with Gasteiger partial charge in [0.25, 0.3) is 0 Å². The molecule has 0 aliphatic rings. The molecular formula is C14H24N2O. The highest BCUT2D eigenvalue weighted by Crippen LogP contribution is 2.21. The maximum atomic E-state index is 9.19. The van der Waals surface area contributed by atoms with Gasteiger partial charge in [0.2, 0.25) is 0 Å². The van der Waals surface area contributed by atoms with Crippen LogP contribution in [0.4, 0.5) is 0 Å². The van der Waals surface area contributed by atoms with Gasteiger partial charge in [-0.3, -0.25) is 4.98 Å². The average Bonchev–Trinajstić information content (AvgIpc) is 2.30. The molecule has 0 spiro atoms. The van der Waals surface area contributed by atoms with E-state index in [9.17, 15) is 5.11 Å². The Labute approximate surface area is 104 Å². The molecule has 0 saturated heterocycles. The molecule has 2 N–H and O–H groups in total. The van der Waals surface area contributed by atoms with E-state index >= 15 is 0 Å². The Morgan fingerprint density at radius 2 is 1.94 bits per heavy atom. The van der Waals surface area contributed by atoms with E-state index in [1.165, 1.54) is 5.56 Å². The van der Waals surface area contributed by atoms with Crippen LogP contribution in [0, 0.1) is 5.41 Å². The van der Waals surface area contributed by atoms with Crippen molar-refractivity contribution in [1.29, 1.82) is 0 Å². The van der Waals surface area contributed by atoms with Gasteiger partial charge in [0.15, 0.2) is 0 Å². The fraction of sp³-hybridized carbons (Fsp3) is 0.643. The van der Waals surface area contributed by atoms with E-state index in [-0.39, 0.29) is 17.4 Å². The largest absolute Gasteiger partial charge is 0.396 e. The van der Waals surface area contributed by atoms with Crippen LogP contribution < -0.4 is 5.32 Å². The third kappa shape index (κ3) is 4.44. The van der Waals surface area contributed by atoms with Gasteiger partial charge >= 0.3 is 0 Å². The SMILES string of the molecule is CC(C)(CO)CNCC(C)(C)c1cccnc1. The highest BCUT2D eigenvalue weighted by atomic mass is 16.3. The lowest BCUT2D eigenvalue weighted by molar-refractivity contribution is 0.155. The summed E-state index contributed by atoms with van der Waals surface area (Å²) in [6.07, 6.45) is 3.71. The highest BCUT2D eigenvalue weighted by molar-refractivity contribution is 5.19. The normalized spacial score (nSPS) is 12.8. The summed E-state index contributed by atoms with van der Waals surface area (Å²) in [7, 11) is 0. The molecule has 0 aliphatic heterocycles. The molecule has 0 aliphatic carbocycles. The molecule has 0 aromatic carbocycles. The summed E-state index contributed by atoms with van der Waals surface area (Å²) >= 11 is 0. The highest BCUT2D eigenvalue weighted by Gasteiger charge is 2.22. The molecule has 0 radical (unpaired) electrons. The first-order valence-corrected chi connectivity index (χ1v) is 6.09. The fourth-order valence-corrected chi connectivity index (χ4v) is 1.63. The Kier molecular flexibility index (Phi) is 4.66. The molecule has 0 atom stereocenters. The Morgan fingerprint density at radius 3 is 2.47 bits per heavy atom. The van der Waals surface area contributed by atoms with E-state index in [1.54, 1.807) is 6.20 Å². The summed E-state index contributed by atoms with van der Waals surface area (Å²) in [5, 5.41) is 12.6. The molecule has 0 bridgehead atoms. The first-order chi connectivity index (χ1) is 7.87.